The SMILES string of the molecule is OCCOc1ccc2nc(-c3ccc(Cl)cc3)sc2c1. The van der Waals surface area contributed by atoms with E-state index in [0.717, 1.165) is 31.6 Å². The lowest BCUT2D eigenvalue weighted by molar-refractivity contribution is 0.201. The Kier molecular flexibility index (Phi) is 3.87. The van der Waals surface area contributed by atoms with Crippen molar-refractivity contribution in [1.29, 1.82) is 0 Å². The molecule has 3 rings (SSSR count). The van der Waals surface area contributed by atoms with E-state index in [4.69, 9.17) is 21.4 Å². The van der Waals surface area contributed by atoms with Gasteiger partial charge in [-0.1, -0.05) is 23.7 Å². The quantitative estimate of drug-likeness (QED) is 0.792. The lowest BCUT2D eigenvalue weighted by Gasteiger charge is -2.02. The fraction of sp³-hybridized carbons (Fsp3) is 0.133. The molecule has 1 aromatic heterocycles. The van der Waals surface area contributed by atoms with Gasteiger partial charge in [0.15, 0.2) is 0 Å². The third kappa shape index (κ3) is 2.77. The van der Waals surface area contributed by atoms with Crippen LogP contribution in [0.25, 0.3) is 20.8 Å². The van der Waals surface area contributed by atoms with Crippen LogP contribution in [0.2, 0.25) is 5.02 Å². The lowest BCUT2D eigenvalue weighted by atomic mass is 10.2. The molecule has 0 saturated heterocycles. The van der Waals surface area contributed by atoms with Crippen LogP contribution in [-0.2, 0) is 0 Å². The molecule has 0 atom stereocenters. The summed E-state index contributed by atoms with van der Waals surface area (Å²) in [6, 6.07) is 13.4. The number of halogens is 1. The minimum atomic E-state index is 0.0107. The first-order chi connectivity index (χ1) is 9.76. The van der Waals surface area contributed by atoms with E-state index in [1.54, 1.807) is 11.3 Å². The Morgan fingerprint density at radius 3 is 2.70 bits per heavy atom. The van der Waals surface area contributed by atoms with Crippen LogP contribution >= 0.6 is 22.9 Å². The van der Waals surface area contributed by atoms with E-state index >= 15 is 0 Å². The van der Waals surface area contributed by atoms with Gasteiger partial charge in [-0.15, -0.1) is 11.3 Å². The van der Waals surface area contributed by atoms with E-state index in [-0.39, 0.29) is 6.61 Å². The topological polar surface area (TPSA) is 42.4 Å². The van der Waals surface area contributed by atoms with Gasteiger partial charge in [-0.05, 0) is 30.3 Å². The summed E-state index contributed by atoms with van der Waals surface area (Å²) in [5.74, 6) is 0.748. The Bertz CT molecular complexity index is 724. The molecule has 0 fully saturated rings. The average molecular weight is 306 g/mol. The molecule has 3 aromatic rings. The Morgan fingerprint density at radius 2 is 1.95 bits per heavy atom. The molecule has 0 aliphatic carbocycles. The molecule has 2 aromatic carbocycles. The predicted molar refractivity (Wildman–Crippen MR) is 82.6 cm³/mol. The van der Waals surface area contributed by atoms with E-state index in [9.17, 15) is 0 Å². The second-order valence-electron chi connectivity index (χ2n) is 4.23. The molecule has 102 valence electrons. The molecule has 0 saturated carbocycles. The summed E-state index contributed by atoms with van der Waals surface area (Å²) in [4.78, 5) is 4.60. The van der Waals surface area contributed by atoms with Crippen LogP contribution in [-0.4, -0.2) is 23.3 Å². The average Bonchev–Trinajstić information content (AvgIpc) is 2.89. The number of rotatable bonds is 4. The molecule has 5 heteroatoms. The summed E-state index contributed by atoms with van der Waals surface area (Å²) in [7, 11) is 0. The minimum absolute atomic E-state index is 0.0107. The number of benzene rings is 2. The third-order valence-electron chi connectivity index (χ3n) is 2.81. The Morgan fingerprint density at radius 1 is 1.15 bits per heavy atom. The molecule has 0 aliphatic heterocycles. The first kappa shape index (κ1) is 13.4. The van der Waals surface area contributed by atoms with Gasteiger partial charge >= 0.3 is 0 Å². The van der Waals surface area contributed by atoms with Crippen molar-refractivity contribution in [3.8, 4) is 16.3 Å². The van der Waals surface area contributed by atoms with Crippen LogP contribution in [0.4, 0.5) is 0 Å². The molecule has 0 radical (unpaired) electrons. The second-order valence-corrected chi connectivity index (χ2v) is 5.69. The van der Waals surface area contributed by atoms with Gasteiger partial charge in [0.2, 0.25) is 0 Å². The number of aliphatic hydroxyl groups is 1. The van der Waals surface area contributed by atoms with Gasteiger partial charge in [0.05, 0.1) is 16.8 Å². The Labute approximate surface area is 125 Å². The summed E-state index contributed by atoms with van der Waals surface area (Å²) >= 11 is 7.50. The fourth-order valence-electron chi connectivity index (χ4n) is 1.87. The zero-order chi connectivity index (χ0) is 13.9. The second kappa shape index (κ2) is 5.79. The number of aromatic nitrogens is 1. The first-order valence-electron chi connectivity index (χ1n) is 6.16. The molecule has 0 bridgehead atoms. The number of aliphatic hydroxyl groups excluding tert-OH is 1. The number of ether oxygens (including phenoxy) is 1. The van der Waals surface area contributed by atoms with Crippen LogP contribution in [0.5, 0.6) is 5.75 Å². The van der Waals surface area contributed by atoms with Gasteiger partial charge in [-0.3, -0.25) is 0 Å². The van der Waals surface area contributed by atoms with Gasteiger partial charge in [0, 0.05) is 10.6 Å². The molecule has 0 amide bonds. The van der Waals surface area contributed by atoms with Crippen molar-refractivity contribution in [2.45, 2.75) is 0 Å². The van der Waals surface area contributed by atoms with Crippen LogP contribution in [0.1, 0.15) is 0 Å². The maximum absolute atomic E-state index is 8.77. The van der Waals surface area contributed by atoms with Crippen LogP contribution in [0.15, 0.2) is 42.5 Å². The monoisotopic (exact) mass is 305 g/mol. The smallest absolute Gasteiger partial charge is 0.124 e. The van der Waals surface area contributed by atoms with E-state index in [1.807, 2.05) is 42.5 Å². The van der Waals surface area contributed by atoms with Crippen LogP contribution < -0.4 is 4.74 Å². The first-order valence-corrected chi connectivity index (χ1v) is 7.36. The van der Waals surface area contributed by atoms with Crippen molar-refractivity contribution < 1.29 is 9.84 Å². The molecule has 1 heterocycles. The molecular formula is C15H12ClNO2S. The van der Waals surface area contributed by atoms with Crippen molar-refractivity contribution in [1.82, 2.24) is 4.98 Å². The molecular weight excluding hydrogens is 294 g/mol. The highest BCUT2D eigenvalue weighted by atomic mass is 35.5. The normalized spacial score (nSPS) is 10.9. The van der Waals surface area contributed by atoms with Crippen LogP contribution in [0, 0.1) is 0 Å². The lowest BCUT2D eigenvalue weighted by Crippen LogP contribution is -2.00. The van der Waals surface area contributed by atoms with Gasteiger partial charge in [-0.25, -0.2) is 4.98 Å². The Balaban J connectivity index is 1.95. The zero-order valence-corrected chi connectivity index (χ0v) is 12.1. The van der Waals surface area contributed by atoms with Gasteiger partial charge < -0.3 is 9.84 Å². The summed E-state index contributed by atoms with van der Waals surface area (Å²) in [6.45, 7) is 0.311. The summed E-state index contributed by atoms with van der Waals surface area (Å²) in [6.07, 6.45) is 0. The number of hydrogen-bond acceptors (Lipinski definition) is 4. The molecule has 0 aliphatic rings. The van der Waals surface area contributed by atoms with Crippen molar-refractivity contribution >= 4 is 33.2 Å². The van der Waals surface area contributed by atoms with Gasteiger partial charge in [-0.2, -0.15) is 0 Å². The predicted octanol–water partition coefficient (Wildman–Crippen LogP) is 3.99. The fourth-order valence-corrected chi connectivity index (χ4v) is 3.00. The van der Waals surface area contributed by atoms with E-state index in [1.165, 1.54) is 0 Å². The van der Waals surface area contributed by atoms with Crippen molar-refractivity contribution in [3.05, 3.63) is 47.5 Å². The van der Waals surface area contributed by atoms with E-state index < -0.39 is 0 Å². The van der Waals surface area contributed by atoms with Crippen molar-refractivity contribution in [3.63, 3.8) is 0 Å². The molecule has 0 spiro atoms. The molecule has 3 nitrogen and oxygen atoms in total. The highest BCUT2D eigenvalue weighted by Gasteiger charge is 2.07. The molecule has 0 unspecified atom stereocenters. The van der Waals surface area contributed by atoms with E-state index in [0.29, 0.717) is 6.61 Å². The summed E-state index contributed by atoms with van der Waals surface area (Å²) in [5.41, 5.74) is 1.99. The minimum Gasteiger partial charge on any atom is -0.491 e. The zero-order valence-electron chi connectivity index (χ0n) is 10.5. The molecule has 20 heavy (non-hydrogen) atoms. The number of thiazole rings is 1. The summed E-state index contributed by atoms with van der Waals surface area (Å²) < 4.78 is 6.47. The highest BCUT2D eigenvalue weighted by molar-refractivity contribution is 7.21. The van der Waals surface area contributed by atoms with Crippen LogP contribution in [0.3, 0.4) is 0 Å². The van der Waals surface area contributed by atoms with Crippen molar-refractivity contribution in [2.24, 2.45) is 0 Å². The summed E-state index contributed by atoms with van der Waals surface area (Å²) in [5, 5.41) is 10.4. The third-order valence-corrected chi connectivity index (χ3v) is 4.13. The highest BCUT2D eigenvalue weighted by Crippen LogP contribution is 2.32. The van der Waals surface area contributed by atoms with Crippen molar-refractivity contribution in [2.75, 3.05) is 13.2 Å². The van der Waals surface area contributed by atoms with Gasteiger partial charge in [0.1, 0.15) is 17.4 Å². The Hall–Kier alpha value is -1.62. The number of fused-ring (bicyclic) bond motifs is 1. The van der Waals surface area contributed by atoms with E-state index in [2.05, 4.69) is 4.98 Å². The maximum atomic E-state index is 8.77. The number of hydrogen-bond donors (Lipinski definition) is 1. The largest absolute Gasteiger partial charge is 0.491 e. The van der Waals surface area contributed by atoms with Gasteiger partial charge in [0.25, 0.3) is 0 Å². The number of nitrogens with zero attached hydrogens (tertiary/aromatic N) is 1. The maximum Gasteiger partial charge on any atom is 0.124 e. The molecule has 1 N–H and O–H groups in total. The standard InChI is InChI=1S/C15H12ClNO2S/c16-11-3-1-10(2-4-11)15-17-13-6-5-12(19-8-7-18)9-14(13)20-15/h1-6,9,18H,7-8H2.